The molecule has 2 N–H and O–H groups in total. The van der Waals surface area contributed by atoms with E-state index in [9.17, 15) is 18.3 Å². The molecule has 0 amide bonds. The summed E-state index contributed by atoms with van der Waals surface area (Å²) in [7, 11) is 0. The van der Waals surface area contributed by atoms with Gasteiger partial charge in [0, 0.05) is 18.7 Å². The molecule has 0 radical (unpaired) electrons. The Hall–Kier alpha value is -2.17. The van der Waals surface area contributed by atoms with E-state index in [2.05, 4.69) is 5.32 Å². The Kier molecular flexibility index (Phi) is 3.64. The van der Waals surface area contributed by atoms with Crippen LogP contribution in [0, 0.1) is 24.4 Å². The molecule has 0 aliphatic heterocycles. The number of benzene rings is 2. The lowest BCUT2D eigenvalue weighted by Crippen LogP contribution is -2.03. The Morgan fingerprint density at radius 1 is 1.00 bits per heavy atom. The zero-order valence-corrected chi connectivity index (χ0v) is 10.2. The number of phenolic OH excluding ortho intramolecular Hbond substituents is 1. The second kappa shape index (κ2) is 5.22. The molecule has 0 aliphatic carbocycles. The molecule has 2 nitrogen and oxygen atoms in total. The van der Waals surface area contributed by atoms with Crippen molar-refractivity contribution in [2.45, 2.75) is 13.5 Å². The van der Waals surface area contributed by atoms with Crippen LogP contribution in [0.1, 0.15) is 11.1 Å². The van der Waals surface area contributed by atoms with E-state index < -0.39 is 17.5 Å². The van der Waals surface area contributed by atoms with Gasteiger partial charge in [0.2, 0.25) is 0 Å². The van der Waals surface area contributed by atoms with Crippen molar-refractivity contribution in [3.8, 4) is 5.75 Å². The van der Waals surface area contributed by atoms with Gasteiger partial charge in [-0.2, -0.15) is 0 Å². The normalized spacial score (nSPS) is 10.5. The molecule has 0 spiro atoms. The van der Waals surface area contributed by atoms with Crippen molar-refractivity contribution >= 4 is 5.69 Å². The molecule has 0 fully saturated rings. The highest BCUT2D eigenvalue weighted by Gasteiger charge is 2.07. The summed E-state index contributed by atoms with van der Waals surface area (Å²) < 4.78 is 39.9. The average Bonchev–Trinajstić information content (AvgIpc) is 2.31. The molecule has 0 heterocycles. The van der Waals surface area contributed by atoms with Gasteiger partial charge in [-0.25, -0.2) is 13.2 Å². The molecule has 19 heavy (non-hydrogen) atoms. The van der Waals surface area contributed by atoms with Crippen molar-refractivity contribution in [1.29, 1.82) is 0 Å². The first-order valence-corrected chi connectivity index (χ1v) is 5.63. The molecule has 0 aromatic heterocycles. The van der Waals surface area contributed by atoms with Crippen molar-refractivity contribution in [2.75, 3.05) is 5.32 Å². The number of hydrogen-bond donors (Lipinski definition) is 2. The standard InChI is InChI=1S/C14H12F3NO/c1-8-2-13(17)14(6-12(8)16)18-7-9-3-10(15)5-11(19)4-9/h2-6,18-19H,7H2,1H3. The van der Waals surface area contributed by atoms with Crippen molar-refractivity contribution in [2.24, 2.45) is 0 Å². The summed E-state index contributed by atoms with van der Waals surface area (Å²) in [5.41, 5.74) is 0.635. The number of nitrogens with one attached hydrogen (secondary N) is 1. The van der Waals surface area contributed by atoms with Gasteiger partial charge >= 0.3 is 0 Å². The third kappa shape index (κ3) is 3.19. The highest BCUT2D eigenvalue weighted by atomic mass is 19.1. The Morgan fingerprint density at radius 2 is 1.74 bits per heavy atom. The molecule has 5 heteroatoms. The molecule has 2 aromatic carbocycles. The lowest BCUT2D eigenvalue weighted by molar-refractivity contribution is 0.468. The van der Waals surface area contributed by atoms with Crippen molar-refractivity contribution in [1.82, 2.24) is 0 Å². The smallest absolute Gasteiger partial charge is 0.146 e. The third-order valence-electron chi connectivity index (χ3n) is 2.67. The molecular formula is C14H12F3NO. The number of hydrogen-bond acceptors (Lipinski definition) is 2. The quantitative estimate of drug-likeness (QED) is 0.888. The van der Waals surface area contributed by atoms with Gasteiger partial charge in [0.25, 0.3) is 0 Å². The number of aryl methyl sites for hydroxylation is 1. The first-order chi connectivity index (χ1) is 8.95. The zero-order valence-electron chi connectivity index (χ0n) is 10.2. The van der Waals surface area contributed by atoms with Crippen molar-refractivity contribution < 1.29 is 18.3 Å². The van der Waals surface area contributed by atoms with E-state index in [4.69, 9.17) is 0 Å². The number of rotatable bonds is 3. The fourth-order valence-corrected chi connectivity index (χ4v) is 1.71. The van der Waals surface area contributed by atoms with E-state index in [0.717, 1.165) is 18.2 Å². The van der Waals surface area contributed by atoms with E-state index in [-0.39, 0.29) is 23.5 Å². The van der Waals surface area contributed by atoms with Crippen LogP contribution in [0.3, 0.4) is 0 Å². The summed E-state index contributed by atoms with van der Waals surface area (Å²) in [5, 5.41) is 11.9. The van der Waals surface area contributed by atoms with Crippen LogP contribution in [-0.2, 0) is 6.54 Å². The highest BCUT2D eigenvalue weighted by Crippen LogP contribution is 2.21. The Bertz CT molecular complexity index is 594. The second-order valence-electron chi connectivity index (χ2n) is 4.25. The molecule has 0 saturated heterocycles. The molecule has 2 aromatic rings. The second-order valence-corrected chi connectivity index (χ2v) is 4.25. The monoisotopic (exact) mass is 267 g/mol. The summed E-state index contributed by atoms with van der Waals surface area (Å²) in [5.74, 6) is -1.91. The fraction of sp³-hybridized carbons (Fsp3) is 0.143. The minimum absolute atomic E-state index is 0.00755. The average molecular weight is 267 g/mol. The van der Waals surface area contributed by atoms with E-state index in [1.54, 1.807) is 0 Å². The minimum Gasteiger partial charge on any atom is -0.508 e. The SMILES string of the molecule is Cc1cc(F)c(NCc2cc(O)cc(F)c2)cc1F. The number of phenols is 1. The van der Waals surface area contributed by atoms with Gasteiger partial charge in [-0.05, 0) is 36.2 Å². The summed E-state index contributed by atoms with van der Waals surface area (Å²) >= 11 is 0. The lowest BCUT2D eigenvalue weighted by atomic mass is 10.1. The van der Waals surface area contributed by atoms with Gasteiger partial charge in [0.15, 0.2) is 0 Å². The maximum absolute atomic E-state index is 13.5. The zero-order chi connectivity index (χ0) is 14.0. The van der Waals surface area contributed by atoms with Crippen LogP contribution in [0.15, 0.2) is 30.3 Å². The Morgan fingerprint density at radius 3 is 2.42 bits per heavy atom. The van der Waals surface area contributed by atoms with Crippen LogP contribution in [0.2, 0.25) is 0 Å². The number of anilines is 1. The van der Waals surface area contributed by atoms with Crippen LogP contribution in [-0.4, -0.2) is 5.11 Å². The molecule has 100 valence electrons. The van der Waals surface area contributed by atoms with Gasteiger partial charge in [-0.15, -0.1) is 0 Å². The first-order valence-electron chi connectivity index (χ1n) is 5.63. The van der Waals surface area contributed by atoms with Crippen molar-refractivity contribution in [3.63, 3.8) is 0 Å². The van der Waals surface area contributed by atoms with Gasteiger partial charge in [-0.1, -0.05) is 0 Å². The van der Waals surface area contributed by atoms with E-state index >= 15 is 0 Å². The fourth-order valence-electron chi connectivity index (χ4n) is 1.71. The molecular weight excluding hydrogens is 255 g/mol. The minimum atomic E-state index is -0.590. The number of halogens is 3. The van der Waals surface area contributed by atoms with Crippen LogP contribution in [0.4, 0.5) is 18.9 Å². The lowest BCUT2D eigenvalue weighted by Gasteiger charge is -2.09. The predicted octanol–water partition coefficient (Wildman–Crippen LogP) is 3.73. The maximum Gasteiger partial charge on any atom is 0.146 e. The largest absolute Gasteiger partial charge is 0.508 e. The molecule has 0 bridgehead atoms. The summed E-state index contributed by atoms with van der Waals surface area (Å²) in [6.07, 6.45) is 0. The molecule has 0 atom stereocenters. The third-order valence-corrected chi connectivity index (χ3v) is 2.67. The summed E-state index contributed by atoms with van der Waals surface area (Å²) in [6.45, 7) is 1.54. The van der Waals surface area contributed by atoms with Crippen LogP contribution in [0.5, 0.6) is 5.75 Å². The van der Waals surface area contributed by atoms with Crippen LogP contribution >= 0.6 is 0 Å². The Labute approximate surface area is 108 Å². The van der Waals surface area contributed by atoms with Gasteiger partial charge in [0.05, 0.1) is 5.69 Å². The van der Waals surface area contributed by atoms with Gasteiger partial charge in [0.1, 0.15) is 23.2 Å². The summed E-state index contributed by atoms with van der Waals surface area (Å²) in [4.78, 5) is 0. The van der Waals surface area contributed by atoms with E-state index in [0.29, 0.717) is 5.56 Å². The van der Waals surface area contributed by atoms with E-state index in [1.807, 2.05) is 0 Å². The van der Waals surface area contributed by atoms with Crippen molar-refractivity contribution in [3.05, 3.63) is 58.9 Å². The molecule has 0 aliphatic rings. The predicted molar refractivity (Wildman–Crippen MR) is 66.5 cm³/mol. The topological polar surface area (TPSA) is 32.3 Å². The highest BCUT2D eigenvalue weighted by molar-refractivity contribution is 5.47. The maximum atomic E-state index is 13.5. The van der Waals surface area contributed by atoms with Gasteiger partial charge in [-0.3, -0.25) is 0 Å². The molecule has 0 saturated carbocycles. The van der Waals surface area contributed by atoms with Gasteiger partial charge < -0.3 is 10.4 Å². The molecule has 0 unspecified atom stereocenters. The number of aromatic hydroxyl groups is 1. The van der Waals surface area contributed by atoms with Crippen LogP contribution < -0.4 is 5.32 Å². The van der Waals surface area contributed by atoms with E-state index in [1.165, 1.54) is 19.1 Å². The van der Waals surface area contributed by atoms with Crippen LogP contribution in [0.25, 0.3) is 0 Å². The summed E-state index contributed by atoms with van der Waals surface area (Å²) in [6, 6.07) is 5.65. The Balaban J connectivity index is 2.16. The molecule has 2 rings (SSSR count). The first kappa shape index (κ1) is 13.3.